The van der Waals surface area contributed by atoms with Crippen molar-refractivity contribution in [3.8, 4) is 0 Å². The van der Waals surface area contributed by atoms with Crippen molar-refractivity contribution in [1.82, 2.24) is 14.3 Å². The van der Waals surface area contributed by atoms with Crippen LogP contribution in [-0.4, -0.2) is 39.9 Å². The third-order valence-electron chi connectivity index (χ3n) is 3.32. The normalized spacial score (nSPS) is 12.9. The summed E-state index contributed by atoms with van der Waals surface area (Å²) in [6.45, 7) is 12.3. The summed E-state index contributed by atoms with van der Waals surface area (Å²) >= 11 is 1.48. The highest BCUT2D eigenvalue weighted by atomic mass is 32.1. The molecule has 1 atom stereocenters. The summed E-state index contributed by atoms with van der Waals surface area (Å²) in [6, 6.07) is 0.470. The molecule has 1 aromatic heterocycles. The van der Waals surface area contributed by atoms with E-state index in [2.05, 4.69) is 47.3 Å². The summed E-state index contributed by atoms with van der Waals surface area (Å²) in [5.41, 5.74) is 0. The second-order valence-electron chi connectivity index (χ2n) is 4.98. The minimum Gasteiger partial charge on any atom is -0.358 e. The summed E-state index contributed by atoms with van der Waals surface area (Å²) in [7, 11) is 0. The Bertz CT molecular complexity index is 336. The third kappa shape index (κ3) is 6.34. The maximum atomic E-state index is 4.50. The number of aryl methyl sites for hydroxylation is 1. The van der Waals surface area contributed by atoms with Gasteiger partial charge in [-0.05, 0) is 45.8 Å². The van der Waals surface area contributed by atoms with Gasteiger partial charge in [-0.2, -0.15) is 4.37 Å². The molecule has 19 heavy (non-hydrogen) atoms. The Morgan fingerprint density at radius 1 is 1.26 bits per heavy atom. The Morgan fingerprint density at radius 2 is 2.00 bits per heavy atom. The molecular weight excluding hydrogens is 256 g/mol. The molecule has 5 heteroatoms. The quantitative estimate of drug-likeness (QED) is 0.715. The molecule has 0 amide bonds. The highest BCUT2D eigenvalue weighted by Crippen LogP contribution is 2.14. The van der Waals surface area contributed by atoms with E-state index in [0.29, 0.717) is 6.04 Å². The standard InChI is InChI=1S/C14H28N4S/c1-5-9-13-16-14(19-17-13)15-12(4)10-8-11-18(6-2)7-3/h12H,5-11H2,1-4H3,(H,15,16,17). The molecular formula is C14H28N4S. The van der Waals surface area contributed by atoms with E-state index in [0.717, 1.165) is 36.9 Å². The van der Waals surface area contributed by atoms with Crippen LogP contribution in [-0.2, 0) is 6.42 Å². The molecule has 4 nitrogen and oxygen atoms in total. The lowest BCUT2D eigenvalue weighted by Crippen LogP contribution is -2.25. The summed E-state index contributed by atoms with van der Waals surface area (Å²) < 4.78 is 4.35. The zero-order valence-electron chi connectivity index (χ0n) is 12.8. The molecule has 0 aliphatic rings. The fourth-order valence-electron chi connectivity index (χ4n) is 2.08. The van der Waals surface area contributed by atoms with Crippen LogP contribution in [0.3, 0.4) is 0 Å². The first-order valence-electron chi connectivity index (χ1n) is 7.51. The Kier molecular flexibility index (Phi) is 7.98. The van der Waals surface area contributed by atoms with Crippen LogP contribution < -0.4 is 5.32 Å². The Balaban J connectivity index is 2.24. The first-order valence-corrected chi connectivity index (χ1v) is 8.28. The number of nitrogens with zero attached hydrogens (tertiary/aromatic N) is 3. The van der Waals surface area contributed by atoms with Crippen molar-refractivity contribution >= 4 is 16.7 Å². The Morgan fingerprint density at radius 3 is 2.63 bits per heavy atom. The molecule has 0 aromatic carbocycles. The second-order valence-corrected chi connectivity index (χ2v) is 5.73. The molecule has 0 saturated carbocycles. The van der Waals surface area contributed by atoms with Crippen LogP contribution in [0.2, 0.25) is 0 Å². The second kappa shape index (κ2) is 9.26. The van der Waals surface area contributed by atoms with Gasteiger partial charge in [0.2, 0.25) is 5.13 Å². The average Bonchev–Trinajstić information content (AvgIpc) is 2.82. The van der Waals surface area contributed by atoms with Crippen LogP contribution in [0.15, 0.2) is 0 Å². The van der Waals surface area contributed by atoms with Crippen LogP contribution in [0.1, 0.15) is 52.8 Å². The number of anilines is 1. The van der Waals surface area contributed by atoms with Crippen LogP contribution in [0.5, 0.6) is 0 Å². The van der Waals surface area contributed by atoms with Gasteiger partial charge in [0.05, 0.1) is 0 Å². The predicted octanol–water partition coefficient (Wildman–Crippen LogP) is 3.41. The number of aromatic nitrogens is 2. The SMILES string of the molecule is CCCc1nsc(NC(C)CCCN(CC)CC)n1. The Labute approximate surface area is 121 Å². The van der Waals surface area contributed by atoms with Gasteiger partial charge in [0.15, 0.2) is 0 Å². The van der Waals surface area contributed by atoms with Gasteiger partial charge in [0, 0.05) is 24.0 Å². The lowest BCUT2D eigenvalue weighted by Gasteiger charge is -2.19. The zero-order valence-corrected chi connectivity index (χ0v) is 13.6. The van der Waals surface area contributed by atoms with Gasteiger partial charge in [0.1, 0.15) is 5.82 Å². The molecule has 0 fully saturated rings. The minimum absolute atomic E-state index is 0.470. The van der Waals surface area contributed by atoms with Crippen molar-refractivity contribution in [2.24, 2.45) is 0 Å². The number of hydrogen-bond acceptors (Lipinski definition) is 5. The van der Waals surface area contributed by atoms with E-state index >= 15 is 0 Å². The van der Waals surface area contributed by atoms with Gasteiger partial charge >= 0.3 is 0 Å². The maximum absolute atomic E-state index is 4.50. The van der Waals surface area contributed by atoms with Gasteiger partial charge in [-0.1, -0.05) is 20.8 Å². The molecule has 0 radical (unpaired) electrons. The minimum atomic E-state index is 0.470. The maximum Gasteiger partial charge on any atom is 0.202 e. The van der Waals surface area contributed by atoms with Gasteiger partial charge in [0.25, 0.3) is 0 Å². The molecule has 0 aliphatic heterocycles. The van der Waals surface area contributed by atoms with Crippen LogP contribution >= 0.6 is 11.5 Å². The van der Waals surface area contributed by atoms with Crippen LogP contribution in [0, 0.1) is 0 Å². The lowest BCUT2D eigenvalue weighted by atomic mass is 10.2. The van der Waals surface area contributed by atoms with Crippen molar-refractivity contribution in [2.45, 2.75) is 59.4 Å². The molecule has 0 spiro atoms. The molecule has 1 rings (SSSR count). The van der Waals surface area contributed by atoms with E-state index in [9.17, 15) is 0 Å². The van der Waals surface area contributed by atoms with Crippen molar-refractivity contribution in [3.63, 3.8) is 0 Å². The van der Waals surface area contributed by atoms with E-state index in [1.54, 1.807) is 0 Å². The highest BCUT2D eigenvalue weighted by Gasteiger charge is 2.08. The topological polar surface area (TPSA) is 41.1 Å². The molecule has 0 bridgehead atoms. The van der Waals surface area contributed by atoms with Crippen molar-refractivity contribution in [3.05, 3.63) is 5.82 Å². The predicted molar refractivity (Wildman–Crippen MR) is 84.0 cm³/mol. The van der Waals surface area contributed by atoms with Gasteiger partial charge in [-0.3, -0.25) is 0 Å². The fourth-order valence-corrected chi connectivity index (χ4v) is 2.81. The largest absolute Gasteiger partial charge is 0.358 e. The summed E-state index contributed by atoms with van der Waals surface area (Å²) in [5.74, 6) is 0.977. The highest BCUT2D eigenvalue weighted by molar-refractivity contribution is 7.09. The van der Waals surface area contributed by atoms with E-state index < -0.39 is 0 Å². The van der Waals surface area contributed by atoms with Crippen molar-refractivity contribution in [1.29, 1.82) is 0 Å². The zero-order chi connectivity index (χ0) is 14.1. The molecule has 110 valence electrons. The molecule has 1 heterocycles. The lowest BCUT2D eigenvalue weighted by molar-refractivity contribution is 0.295. The smallest absolute Gasteiger partial charge is 0.202 e. The summed E-state index contributed by atoms with van der Waals surface area (Å²) in [5, 5.41) is 4.43. The number of nitrogens with one attached hydrogen (secondary N) is 1. The molecule has 1 aromatic rings. The molecule has 1 unspecified atom stereocenters. The average molecular weight is 284 g/mol. The van der Waals surface area contributed by atoms with Gasteiger partial charge in [-0.15, -0.1) is 0 Å². The van der Waals surface area contributed by atoms with Crippen LogP contribution in [0.25, 0.3) is 0 Å². The first kappa shape index (κ1) is 16.4. The Hall–Kier alpha value is -0.680. The van der Waals surface area contributed by atoms with Crippen molar-refractivity contribution < 1.29 is 0 Å². The first-order chi connectivity index (χ1) is 9.19. The van der Waals surface area contributed by atoms with Crippen LogP contribution in [0.4, 0.5) is 5.13 Å². The van der Waals surface area contributed by atoms with Crippen molar-refractivity contribution in [2.75, 3.05) is 25.0 Å². The number of rotatable bonds is 10. The van der Waals surface area contributed by atoms with E-state index in [1.165, 1.54) is 30.9 Å². The molecule has 0 saturated heterocycles. The van der Waals surface area contributed by atoms with E-state index in [4.69, 9.17) is 0 Å². The monoisotopic (exact) mass is 284 g/mol. The molecule has 0 aliphatic carbocycles. The fraction of sp³-hybridized carbons (Fsp3) is 0.857. The third-order valence-corrected chi connectivity index (χ3v) is 4.00. The van der Waals surface area contributed by atoms with Gasteiger partial charge in [-0.25, -0.2) is 4.98 Å². The van der Waals surface area contributed by atoms with E-state index in [1.807, 2.05) is 0 Å². The van der Waals surface area contributed by atoms with E-state index in [-0.39, 0.29) is 0 Å². The molecule has 1 N–H and O–H groups in total. The number of hydrogen-bond donors (Lipinski definition) is 1. The summed E-state index contributed by atoms with van der Waals surface area (Å²) in [4.78, 5) is 6.97. The van der Waals surface area contributed by atoms with Gasteiger partial charge < -0.3 is 10.2 Å². The summed E-state index contributed by atoms with van der Waals surface area (Å²) in [6.07, 6.45) is 4.50.